The van der Waals surface area contributed by atoms with Crippen LogP contribution in [0, 0.1) is 0 Å². The van der Waals surface area contributed by atoms with Crippen molar-refractivity contribution in [2.24, 2.45) is 0 Å². The quantitative estimate of drug-likeness (QED) is 0.850. The minimum atomic E-state index is -0.266. The molecule has 134 valence electrons. The Morgan fingerprint density at radius 1 is 1.04 bits per heavy atom. The molecule has 0 spiro atoms. The Hall–Kier alpha value is -3.35. The number of benzene rings is 2. The molecule has 2 heterocycles. The summed E-state index contributed by atoms with van der Waals surface area (Å²) in [5, 5.41) is 2.78. The highest BCUT2D eigenvalue weighted by atomic mass is 16.7. The molecule has 0 saturated heterocycles. The largest absolute Gasteiger partial charge is 0.493 e. The molecule has 0 aromatic heterocycles. The van der Waals surface area contributed by atoms with Gasteiger partial charge in [0.15, 0.2) is 23.0 Å². The summed E-state index contributed by atoms with van der Waals surface area (Å²) >= 11 is 0. The van der Waals surface area contributed by atoms with Crippen molar-refractivity contribution in [1.82, 2.24) is 0 Å². The molecule has 0 aliphatic carbocycles. The normalized spacial score (nSPS) is 14.3. The van der Waals surface area contributed by atoms with Crippen LogP contribution >= 0.6 is 0 Å². The Balaban J connectivity index is 1.48. The van der Waals surface area contributed by atoms with Crippen molar-refractivity contribution in [3.8, 4) is 28.7 Å². The van der Waals surface area contributed by atoms with E-state index in [0.29, 0.717) is 47.6 Å². The van der Waals surface area contributed by atoms with Gasteiger partial charge in [0.25, 0.3) is 0 Å². The molecular formula is C19H17NO6. The average molecular weight is 355 g/mol. The number of carbonyl (C=O) groups is 1. The van der Waals surface area contributed by atoms with E-state index in [1.165, 1.54) is 6.08 Å². The smallest absolute Gasteiger partial charge is 0.248 e. The number of rotatable bonds is 4. The Bertz CT molecular complexity index is 859. The predicted octanol–water partition coefficient (Wildman–Crippen LogP) is 2.85. The van der Waals surface area contributed by atoms with Gasteiger partial charge in [0.2, 0.25) is 18.4 Å². The second kappa shape index (κ2) is 6.87. The molecule has 0 saturated carbocycles. The van der Waals surface area contributed by atoms with Crippen molar-refractivity contribution >= 4 is 17.7 Å². The second-order valence-electron chi connectivity index (χ2n) is 5.64. The van der Waals surface area contributed by atoms with E-state index in [1.807, 2.05) is 0 Å². The molecule has 2 aliphatic heterocycles. The number of hydrogen-bond donors (Lipinski definition) is 1. The SMILES string of the molecule is COc1cc(C=CC(=O)Nc2ccc3c(c2)OCO3)cc2c1OCCO2. The Morgan fingerprint density at radius 3 is 2.77 bits per heavy atom. The van der Waals surface area contributed by atoms with Gasteiger partial charge >= 0.3 is 0 Å². The maximum Gasteiger partial charge on any atom is 0.248 e. The maximum absolute atomic E-state index is 12.2. The minimum absolute atomic E-state index is 0.193. The van der Waals surface area contributed by atoms with Crippen LogP contribution in [0.5, 0.6) is 28.7 Å². The first kappa shape index (κ1) is 16.1. The summed E-state index contributed by atoms with van der Waals surface area (Å²) in [7, 11) is 1.56. The van der Waals surface area contributed by atoms with Crippen LogP contribution in [0.2, 0.25) is 0 Å². The summed E-state index contributed by atoms with van der Waals surface area (Å²) < 4.78 is 27.0. The average Bonchev–Trinajstić information content (AvgIpc) is 3.13. The summed E-state index contributed by atoms with van der Waals surface area (Å²) in [5.41, 5.74) is 1.40. The van der Waals surface area contributed by atoms with Gasteiger partial charge in [-0.25, -0.2) is 0 Å². The van der Waals surface area contributed by atoms with E-state index in [9.17, 15) is 4.79 Å². The highest BCUT2D eigenvalue weighted by molar-refractivity contribution is 6.02. The van der Waals surface area contributed by atoms with E-state index in [0.717, 1.165) is 5.56 Å². The van der Waals surface area contributed by atoms with Gasteiger partial charge in [-0.2, -0.15) is 0 Å². The summed E-state index contributed by atoms with van der Waals surface area (Å²) in [5.74, 6) is 2.77. The lowest BCUT2D eigenvalue weighted by atomic mass is 10.1. The molecule has 0 atom stereocenters. The first-order valence-corrected chi connectivity index (χ1v) is 8.09. The van der Waals surface area contributed by atoms with Crippen molar-refractivity contribution in [3.63, 3.8) is 0 Å². The summed E-state index contributed by atoms with van der Waals surface area (Å²) in [6.07, 6.45) is 3.12. The predicted molar refractivity (Wildman–Crippen MR) is 94.2 cm³/mol. The fraction of sp³-hybridized carbons (Fsp3) is 0.211. The van der Waals surface area contributed by atoms with Gasteiger partial charge in [-0.3, -0.25) is 4.79 Å². The third-order valence-corrected chi connectivity index (χ3v) is 3.92. The zero-order valence-electron chi connectivity index (χ0n) is 14.1. The van der Waals surface area contributed by atoms with Gasteiger partial charge in [-0.15, -0.1) is 0 Å². The highest BCUT2D eigenvalue weighted by Crippen LogP contribution is 2.40. The summed E-state index contributed by atoms with van der Waals surface area (Å²) in [6.45, 7) is 1.16. The Labute approximate surface area is 150 Å². The number of hydrogen-bond acceptors (Lipinski definition) is 6. The number of nitrogens with one attached hydrogen (secondary N) is 1. The van der Waals surface area contributed by atoms with E-state index in [2.05, 4.69) is 5.32 Å². The van der Waals surface area contributed by atoms with Gasteiger partial charge < -0.3 is 29.0 Å². The van der Waals surface area contributed by atoms with Crippen LogP contribution in [0.15, 0.2) is 36.4 Å². The van der Waals surface area contributed by atoms with E-state index >= 15 is 0 Å². The number of ether oxygens (including phenoxy) is 5. The van der Waals surface area contributed by atoms with Gasteiger partial charge in [-0.05, 0) is 35.9 Å². The number of amides is 1. The summed E-state index contributed by atoms with van der Waals surface area (Å²) in [4.78, 5) is 12.2. The van der Waals surface area contributed by atoms with E-state index in [4.69, 9.17) is 23.7 Å². The highest BCUT2D eigenvalue weighted by Gasteiger charge is 2.18. The maximum atomic E-state index is 12.2. The standard InChI is InChI=1S/C19H17NO6/c1-22-16-8-12(9-17-19(16)24-7-6-23-17)2-5-18(21)20-13-3-4-14-15(10-13)26-11-25-14/h2-5,8-10H,6-7,11H2,1H3,(H,20,21). The molecular weight excluding hydrogens is 338 g/mol. The lowest BCUT2D eigenvalue weighted by Gasteiger charge is -2.20. The molecule has 2 aromatic carbocycles. The van der Waals surface area contributed by atoms with Crippen molar-refractivity contribution in [2.75, 3.05) is 32.4 Å². The van der Waals surface area contributed by atoms with Crippen molar-refractivity contribution in [1.29, 1.82) is 0 Å². The van der Waals surface area contributed by atoms with Crippen LogP contribution in [0.25, 0.3) is 6.08 Å². The number of fused-ring (bicyclic) bond motifs is 2. The molecule has 7 nitrogen and oxygen atoms in total. The second-order valence-corrected chi connectivity index (χ2v) is 5.64. The fourth-order valence-corrected chi connectivity index (χ4v) is 2.72. The Kier molecular flexibility index (Phi) is 4.27. The molecule has 0 unspecified atom stereocenters. The number of anilines is 1. The van der Waals surface area contributed by atoms with Crippen LogP contribution in [0.3, 0.4) is 0 Å². The topological polar surface area (TPSA) is 75.3 Å². The molecule has 0 radical (unpaired) electrons. The van der Waals surface area contributed by atoms with Gasteiger partial charge in [-0.1, -0.05) is 0 Å². The van der Waals surface area contributed by atoms with Crippen LogP contribution in [0.4, 0.5) is 5.69 Å². The van der Waals surface area contributed by atoms with E-state index in [1.54, 1.807) is 43.5 Å². The zero-order valence-corrected chi connectivity index (χ0v) is 14.1. The molecule has 1 N–H and O–H groups in total. The van der Waals surface area contributed by atoms with Crippen LogP contribution < -0.4 is 29.0 Å². The summed E-state index contributed by atoms with van der Waals surface area (Å²) in [6, 6.07) is 8.83. The zero-order chi connectivity index (χ0) is 17.9. The monoisotopic (exact) mass is 355 g/mol. The molecule has 1 amide bonds. The van der Waals surface area contributed by atoms with Crippen molar-refractivity contribution in [2.45, 2.75) is 0 Å². The lowest BCUT2D eigenvalue weighted by molar-refractivity contribution is -0.111. The van der Waals surface area contributed by atoms with Crippen LogP contribution in [-0.2, 0) is 4.79 Å². The molecule has 7 heteroatoms. The number of carbonyl (C=O) groups excluding carboxylic acids is 1. The third-order valence-electron chi connectivity index (χ3n) is 3.92. The molecule has 0 bridgehead atoms. The molecule has 2 aliphatic rings. The van der Waals surface area contributed by atoms with Gasteiger partial charge in [0.05, 0.1) is 7.11 Å². The lowest BCUT2D eigenvalue weighted by Crippen LogP contribution is -2.16. The van der Waals surface area contributed by atoms with E-state index < -0.39 is 0 Å². The molecule has 2 aromatic rings. The van der Waals surface area contributed by atoms with Gasteiger partial charge in [0.1, 0.15) is 13.2 Å². The van der Waals surface area contributed by atoms with Gasteiger partial charge in [0, 0.05) is 17.8 Å². The van der Waals surface area contributed by atoms with Crippen molar-refractivity contribution in [3.05, 3.63) is 42.0 Å². The first-order valence-electron chi connectivity index (χ1n) is 8.09. The van der Waals surface area contributed by atoms with Crippen LogP contribution in [0.1, 0.15) is 5.56 Å². The van der Waals surface area contributed by atoms with Crippen LogP contribution in [-0.4, -0.2) is 33.0 Å². The Morgan fingerprint density at radius 2 is 1.88 bits per heavy atom. The molecule has 26 heavy (non-hydrogen) atoms. The fourth-order valence-electron chi connectivity index (χ4n) is 2.72. The minimum Gasteiger partial charge on any atom is -0.493 e. The molecule has 4 rings (SSSR count). The first-order chi connectivity index (χ1) is 12.7. The number of methoxy groups -OCH3 is 1. The third kappa shape index (κ3) is 3.23. The van der Waals surface area contributed by atoms with Crippen molar-refractivity contribution < 1.29 is 28.5 Å². The van der Waals surface area contributed by atoms with E-state index in [-0.39, 0.29) is 12.7 Å². The molecule has 0 fully saturated rings.